The Morgan fingerprint density at radius 1 is 1.44 bits per heavy atom. The fraction of sp³-hybridized carbons (Fsp3) is 0.111. The summed E-state index contributed by atoms with van der Waals surface area (Å²) in [6.07, 6.45) is 0. The van der Waals surface area contributed by atoms with Crippen molar-refractivity contribution in [3.63, 3.8) is 0 Å². The van der Waals surface area contributed by atoms with E-state index in [0.717, 1.165) is 28.4 Å². The summed E-state index contributed by atoms with van der Waals surface area (Å²) in [5, 5.41) is 4.16. The summed E-state index contributed by atoms with van der Waals surface area (Å²) in [5.74, 6) is 0. The highest BCUT2D eigenvalue weighted by atomic mass is 35.5. The highest BCUT2D eigenvalue weighted by Crippen LogP contribution is 2.30. The van der Waals surface area contributed by atoms with Gasteiger partial charge in [0.05, 0.1) is 29.0 Å². The minimum absolute atomic E-state index is 0.404. The molecule has 1 aromatic heterocycles. The predicted octanol–water partition coefficient (Wildman–Crippen LogP) is 4.08. The zero-order chi connectivity index (χ0) is 11.5. The summed E-state index contributed by atoms with van der Waals surface area (Å²) in [4.78, 5) is 0. The molecule has 0 unspecified atom stereocenters. The Morgan fingerprint density at radius 3 is 3.00 bits per heavy atom. The number of hydrogen-bond acceptors (Lipinski definition) is 4. The Labute approximate surface area is 111 Å². The molecule has 1 N–H and O–H groups in total. The van der Waals surface area contributed by atoms with E-state index in [1.807, 2.05) is 6.07 Å². The number of nitrogens with zero attached hydrogens (tertiary/aromatic N) is 2. The average Bonchev–Trinajstić information content (AvgIpc) is 2.75. The maximum Gasteiger partial charge on any atom is 0.129 e. The molecule has 0 saturated heterocycles. The van der Waals surface area contributed by atoms with E-state index in [4.69, 9.17) is 34.8 Å². The molecule has 0 aliphatic heterocycles. The fourth-order valence-corrected chi connectivity index (χ4v) is 2.11. The van der Waals surface area contributed by atoms with Crippen LogP contribution in [0.5, 0.6) is 0 Å². The van der Waals surface area contributed by atoms with Gasteiger partial charge in [0.25, 0.3) is 0 Å². The van der Waals surface area contributed by atoms with E-state index in [1.165, 1.54) is 5.54 Å². The zero-order valence-electron chi connectivity index (χ0n) is 7.88. The normalized spacial score (nSPS) is 12.1. The number of rotatable bonds is 3. The number of anilines is 1. The Kier molecular flexibility index (Phi) is 3.86. The third-order valence-corrected chi connectivity index (χ3v) is 3.40. The van der Waals surface area contributed by atoms with Crippen LogP contribution in [0.4, 0.5) is 5.69 Å². The topological polar surface area (TPSA) is 37.8 Å². The summed E-state index contributed by atoms with van der Waals surface area (Å²) < 4.78 is 8.30. The Morgan fingerprint density at radius 2 is 2.25 bits per heavy atom. The molecule has 0 atom stereocenters. The molecule has 2 aromatic rings. The first kappa shape index (κ1) is 11.9. The van der Waals surface area contributed by atoms with E-state index in [9.17, 15) is 0 Å². The Hall–Kier alpha value is -0.550. The maximum absolute atomic E-state index is 6.07. The number of nitrogens with one attached hydrogen (secondary N) is 1. The van der Waals surface area contributed by atoms with E-state index in [1.54, 1.807) is 6.07 Å². The van der Waals surface area contributed by atoms with Crippen LogP contribution in [0.3, 0.4) is 0 Å². The summed E-state index contributed by atoms with van der Waals surface area (Å²) in [6, 6.07) is 3.59. The highest BCUT2D eigenvalue weighted by molar-refractivity contribution is 7.00. The lowest BCUT2D eigenvalue weighted by atomic mass is 10.2. The second-order valence-electron chi connectivity index (χ2n) is 2.96. The minimum Gasteiger partial charge on any atom is -0.377 e. The van der Waals surface area contributed by atoms with Gasteiger partial charge in [0, 0.05) is 10.6 Å². The van der Waals surface area contributed by atoms with E-state index >= 15 is 0 Å². The molecule has 0 spiro atoms. The van der Waals surface area contributed by atoms with Gasteiger partial charge in [-0.05, 0) is 12.1 Å². The quantitative estimate of drug-likeness (QED) is 0.927. The molecule has 84 valence electrons. The molecular formula is C9H6Cl3N3S. The maximum atomic E-state index is 6.07. The lowest BCUT2D eigenvalue weighted by molar-refractivity contribution is 1.32. The molecule has 7 heteroatoms. The van der Waals surface area contributed by atoms with Gasteiger partial charge in [-0.1, -0.05) is 34.8 Å². The standard InChI is InChI=1S/C9H6Cl3N3S/c10-3-5(11)4-13-8-6(12)1-2-7-9(8)15-16-14-7/h1-3,13H,4H2. The SMILES string of the molecule is ClC=C(Cl)CNc1c(Cl)ccc2nsnc12. The summed E-state index contributed by atoms with van der Waals surface area (Å²) in [5.41, 5.74) is 3.59. The van der Waals surface area contributed by atoms with Gasteiger partial charge in [-0.15, -0.1) is 0 Å². The van der Waals surface area contributed by atoms with Crippen molar-refractivity contribution in [2.24, 2.45) is 0 Å². The smallest absolute Gasteiger partial charge is 0.129 e. The lowest BCUT2D eigenvalue weighted by Gasteiger charge is -2.07. The molecule has 0 saturated carbocycles. The van der Waals surface area contributed by atoms with Crippen molar-refractivity contribution in [1.82, 2.24) is 8.75 Å². The highest BCUT2D eigenvalue weighted by Gasteiger charge is 2.09. The monoisotopic (exact) mass is 293 g/mol. The molecule has 0 aliphatic rings. The Bertz CT molecular complexity index is 538. The van der Waals surface area contributed by atoms with Crippen LogP contribution in [0.1, 0.15) is 0 Å². The molecule has 3 nitrogen and oxygen atoms in total. The minimum atomic E-state index is 0.404. The Balaban J connectivity index is 2.34. The van der Waals surface area contributed by atoms with Crippen LogP contribution in [-0.2, 0) is 0 Å². The molecule has 2 rings (SSSR count). The van der Waals surface area contributed by atoms with Crippen LogP contribution < -0.4 is 5.32 Å². The van der Waals surface area contributed by atoms with E-state index < -0.39 is 0 Å². The van der Waals surface area contributed by atoms with Gasteiger partial charge in [-0.2, -0.15) is 8.75 Å². The molecule has 0 radical (unpaired) electrons. The van der Waals surface area contributed by atoms with Crippen molar-refractivity contribution in [1.29, 1.82) is 0 Å². The van der Waals surface area contributed by atoms with Crippen LogP contribution in [0.25, 0.3) is 11.0 Å². The number of fused-ring (bicyclic) bond motifs is 1. The lowest BCUT2D eigenvalue weighted by Crippen LogP contribution is -2.02. The van der Waals surface area contributed by atoms with Gasteiger partial charge < -0.3 is 5.32 Å². The van der Waals surface area contributed by atoms with Gasteiger partial charge in [0.1, 0.15) is 11.0 Å². The van der Waals surface area contributed by atoms with Gasteiger partial charge in [0.2, 0.25) is 0 Å². The van der Waals surface area contributed by atoms with E-state index in [0.29, 0.717) is 16.6 Å². The first-order valence-corrected chi connectivity index (χ1v) is 6.24. The molecule has 0 amide bonds. The van der Waals surface area contributed by atoms with Gasteiger partial charge >= 0.3 is 0 Å². The molecule has 0 aliphatic carbocycles. The van der Waals surface area contributed by atoms with Crippen molar-refractivity contribution in [3.05, 3.63) is 27.7 Å². The number of hydrogen-bond donors (Lipinski definition) is 1. The average molecular weight is 295 g/mol. The first-order chi connectivity index (χ1) is 7.72. The molecular weight excluding hydrogens is 289 g/mol. The predicted molar refractivity (Wildman–Crippen MR) is 70.7 cm³/mol. The number of aromatic nitrogens is 2. The molecule has 0 fully saturated rings. The number of benzene rings is 1. The second-order valence-corrected chi connectivity index (χ2v) is 4.60. The van der Waals surface area contributed by atoms with Gasteiger partial charge in [0.15, 0.2) is 0 Å². The first-order valence-electron chi connectivity index (χ1n) is 4.32. The third-order valence-electron chi connectivity index (χ3n) is 1.93. The van der Waals surface area contributed by atoms with Crippen molar-refractivity contribution in [2.75, 3.05) is 11.9 Å². The van der Waals surface area contributed by atoms with Gasteiger partial charge in [-0.3, -0.25) is 0 Å². The third kappa shape index (κ3) is 2.40. The molecule has 0 bridgehead atoms. The summed E-state index contributed by atoms with van der Waals surface area (Å²) >= 11 is 18.5. The molecule has 16 heavy (non-hydrogen) atoms. The van der Waals surface area contributed by atoms with Crippen LogP contribution in [0.2, 0.25) is 5.02 Å². The zero-order valence-corrected chi connectivity index (χ0v) is 11.0. The van der Waals surface area contributed by atoms with Crippen molar-refractivity contribution in [3.8, 4) is 0 Å². The van der Waals surface area contributed by atoms with Crippen LogP contribution >= 0.6 is 46.5 Å². The van der Waals surface area contributed by atoms with Crippen molar-refractivity contribution in [2.45, 2.75) is 0 Å². The van der Waals surface area contributed by atoms with Crippen LogP contribution in [-0.4, -0.2) is 15.3 Å². The molecule has 1 aromatic carbocycles. The largest absolute Gasteiger partial charge is 0.377 e. The van der Waals surface area contributed by atoms with Crippen molar-refractivity contribution >= 4 is 63.3 Å². The summed E-state index contributed by atoms with van der Waals surface area (Å²) in [6.45, 7) is 0.404. The van der Waals surface area contributed by atoms with E-state index in [2.05, 4.69) is 14.1 Å². The fourth-order valence-electron chi connectivity index (χ4n) is 1.21. The van der Waals surface area contributed by atoms with Crippen molar-refractivity contribution < 1.29 is 0 Å². The van der Waals surface area contributed by atoms with E-state index in [-0.39, 0.29) is 0 Å². The van der Waals surface area contributed by atoms with Crippen LogP contribution in [0.15, 0.2) is 22.7 Å². The number of halogens is 3. The van der Waals surface area contributed by atoms with Crippen LogP contribution in [0, 0.1) is 0 Å². The van der Waals surface area contributed by atoms with Gasteiger partial charge in [-0.25, -0.2) is 0 Å². The second kappa shape index (κ2) is 5.19. The summed E-state index contributed by atoms with van der Waals surface area (Å²) in [7, 11) is 0. The molecule has 1 heterocycles.